The van der Waals surface area contributed by atoms with Gasteiger partial charge in [-0.25, -0.2) is 0 Å². The molecule has 10 aromatic rings. The summed E-state index contributed by atoms with van der Waals surface area (Å²) in [6, 6.07) is 52.6. The number of fused-ring (bicyclic) bond motifs is 14. The van der Waals surface area contributed by atoms with Crippen LogP contribution in [0.3, 0.4) is 0 Å². The molecule has 11 rings (SSSR count). The second kappa shape index (κ2) is 11.0. The van der Waals surface area contributed by atoms with E-state index in [2.05, 4.69) is 146 Å². The average molecular weight is 667 g/mol. The Bertz CT molecular complexity index is 3180. The van der Waals surface area contributed by atoms with Gasteiger partial charge in [0.1, 0.15) is 0 Å². The molecule has 1 aliphatic carbocycles. The van der Waals surface area contributed by atoms with Gasteiger partial charge < -0.3 is 0 Å². The summed E-state index contributed by atoms with van der Waals surface area (Å²) >= 11 is 1.71. The van der Waals surface area contributed by atoms with Crippen LogP contribution < -0.4 is 5.43 Å². The molecule has 1 aromatic heterocycles. The summed E-state index contributed by atoms with van der Waals surface area (Å²) < 4.78 is 2.02. The molecule has 0 amide bonds. The second-order valence-corrected chi connectivity index (χ2v) is 14.9. The third-order valence-electron chi connectivity index (χ3n) is 11.1. The number of rotatable bonds is 2. The molecule has 0 saturated heterocycles. The number of aryl methyl sites for hydroxylation is 1. The molecule has 0 radical (unpaired) electrons. The highest BCUT2D eigenvalue weighted by Crippen LogP contribution is 2.40. The van der Waals surface area contributed by atoms with Crippen LogP contribution in [0.5, 0.6) is 0 Å². The first-order valence-corrected chi connectivity index (χ1v) is 18.5. The zero-order chi connectivity index (χ0) is 33.6. The van der Waals surface area contributed by atoms with Crippen molar-refractivity contribution in [2.75, 3.05) is 0 Å². The van der Waals surface area contributed by atoms with E-state index >= 15 is 0 Å². The SMILES string of the molecule is O=c1c2ccc(-c3ccc4c5c(c6ccccc6c4c3)CCC=C5)cc2sc2cc(-c3ccc4c5ccccc5c5ccccc5c4c3)ccc12. The summed E-state index contributed by atoms with van der Waals surface area (Å²) in [6.07, 6.45) is 6.78. The van der Waals surface area contributed by atoms with Gasteiger partial charge in [-0.15, -0.1) is 11.3 Å². The minimum atomic E-state index is 0.0933. The lowest BCUT2D eigenvalue weighted by molar-refractivity contribution is 1.00. The van der Waals surface area contributed by atoms with Crippen molar-refractivity contribution in [3.05, 3.63) is 173 Å². The van der Waals surface area contributed by atoms with E-state index in [0.717, 1.165) is 49.7 Å². The number of allylic oxidation sites excluding steroid dienone is 1. The van der Waals surface area contributed by atoms with Gasteiger partial charge in [0.05, 0.1) is 0 Å². The quantitative estimate of drug-likeness (QED) is 0.133. The first-order chi connectivity index (χ1) is 25.2. The lowest BCUT2D eigenvalue weighted by Gasteiger charge is -2.18. The first-order valence-electron chi connectivity index (χ1n) is 17.7. The van der Waals surface area contributed by atoms with E-state index in [9.17, 15) is 4.79 Å². The maximum Gasteiger partial charge on any atom is 0.195 e. The summed E-state index contributed by atoms with van der Waals surface area (Å²) in [7, 11) is 0. The largest absolute Gasteiger partial charge is 0.289 e. The predicted molar refractivity (Wildman–Crippen MR) is 221 cm³/mol. The van der Waals surface area contributed by atoms with Crippen LogP contribution in [-0.4, -0.2) is 0 Å². The molecule has 0 aliphatic heterocycles. The van der Waals surface area contributed by atoms with Crippen LogP contribution in [0.25, 0.3) is 102 Å². The van der Waals surface area contributed by atoms with Crippen molar-refractivity contribution >= 4 is 91.4 Å². The molecule has 0 atom stereocenters. The van der Waals surface area contributed by atoms with Gasteiger partial charge in [0.25, 0.3) is 0 Å². The summed E-state index contributed by atoms with van der Waals surface area (Å²) in [5.74, 6) is 0. The van der Waals surface area contributed by atoms with E-state index in [1.54, 1.807) is 11.3 Å². The van der Waals surface area contributed by atoms with E-state index in [0.29, 0.717) is 0 Å². The molecule has 238 valence electrons. The summed E-state index contributed by atoms with van der Waals surface area (Å²) in [4.78, 5) is 13.9. The van der Waals surface area contributed by atoms with Crippen LogP contribution in [0.2, 0.25) is 0 Å². The molecule has 0 fully saturated rings. The highest BCUT2D eigenvalue weighted by molar-refractivity contribution is 7.24. The molecule has 2 heteroatoms. The van der Waals surface area contributed by atoms with Crippen molar-refractivity contribution in [1.29, 1.82) is 0 Å². The van der Waals surface area contributed by atoms with Crippen LogP contribution >= 0.6 is 11.3 Å². The first kappa shape index (κ1) is 28.7. The highest BCUT2D eigenvalue weighted by atomic mass is 32.1. The van der Waals surface area contributed by atoms with Gasteiger partial charge in [-0.1, -0.05) is 121 Å². The zero-order valence-electron chi connectivity index (χ0n) is 27.7. The van der Waals surface area contributed by atoms with Gasteiger partial charge in [-0.3, -0.25) is 4.79 Å². The fourth-order valence-electron chi connectivity index (χ4n) is 8.66. The van der Waals surface area contributed by atoms with Crippen LogP contribution in [0.1, 0.15) is 17.5 Å². The van der Waals surface area contributed by atoms with E-state index < -0.39 is 0 Å². The van der Waals surface area contributed by atoms with Crippen molar-refractivity contribution < 1.29 is 0 Å². The highest BCUT2D eigenvalue weighted by Gasteiger charge is 2.16. The Morgan fingerprint density at radius 3 is 1.37 bits per heavy atom. The second-order valence-electron chi connectivity index (χ2n) is 13.8. The molecule has 1 aliphatic rings. The summed E-state index contributed by atoms with van der Waals surface area (Å²) in [6.45, 7) is 0. The molecule has 0 saturated carbocycles. The molecular weight excluding hydrogens is 637 g/mol. The molecule has 0 N–H and O–H groups in total. The molecule has 1 nitrogen and oxygen atoms in total. The van der Waals surface area contributed by atoms with E-state index in [-0.39, 0.29) is 5.43 Å². The van der Waals surface area contributed by atoms with E-state index in [4.69, 9.17) is 0 Å². The van der Waals surface area contributed by atoms with Gasteiger partial charge in [0, 0.05) is 20.2 Å². The molecule has 51 heavy (non-hydrogen) atoms. The Labute approximate surface area is 298 Å². The van der Waals surface area contributed by atoms with Gasteiger partial charge in [0.15, 0.2) is 5.43 Å². The minimum absolute atomic E-state index is 0.0933. The molecule has 1 heterocycles. The summed E-state index contributed by atoms with van der Waals surface area (Å²) in [5, 5.41) is 14.4. The van der Waals surface area contributed by atoms with Gasteiger partial charge in [-0.2, -0.15) is 0 Å². The smallest absolute Gasteiger partial charge is 0.195 e. The Morgan fingerprint density at radius 2 is 0.804 bits per heavy atom. The summed E-state index contributed by atoms with van der Waals surface area (Å²) in [5.41, 5.74) is 7.47. The van der Waals surface area contributed by atoms with Gasteiger partial charge in [-0.05, 0) is 136 Å². The van der Waals surface area contributed by atoms with E-state index in [1.165, 1.54) is 70.6 Å². The van der Waals surface area contributed by atoms with Crippen LogP contribution in [0, 0.1) is 0 Å². The van der Waals surface area contributed by atoms with Crippen LogP contribution in [0.15, 0.2) is 156 Å². The third kappa shape index (κ3) is 4.30. The van der Waals surface area contributed by atoms with Crippen molar-refractivity contribution in [3.63, 3.8) is 0 Å². The van der Waals surface area contributed by atoms with Crippen molar-refractivity contribution in [3.8, 4) is 22.3 Å². The van der Waals surface area contributed by atoms with Crippen LogP contribution in [-0.2, 0) is 6.42 Å². The van der Waals surface area contributed by atoms with Crippen molar-refractivity contribution in [2.24, 2.45) is 0 Å². The molecule has 0 bridgehead atoms. The number of hydrogen-bond acceptors (Lipinski definition) is 2. The zero-order valence-corrected chi connectivity index (χ0v) is 28.6. The fourth-order valence-corrected chi connectivity index (χ4v) is 9.81. The Hall–Kier alpha value is -6.09. The average Bonchev–Trinajstić information content (AvgIpc) is 3.20. The predicted octanol–water partition coefficient (Wildman–Crippen LogP) is 13.5. The molecule has 0 unspecified atom stereocenters. The van der Waals surface area contributed by atoms with Gasteiger partial charge >= 0.3 is 0 Å². The normalized spacial score (nSPS) is 12.9. The number of benzene rings is 9. The van der Waals surface area contributed by atoms with Gasteiger partial charge in [0.2, 0.25) is 0 Å². The maximum absolute atomic E-state index is 13.9. The standard InChI is InChI=1S/C49H30OS/c50-49-43-23-19-31(29-17-21-41-37-13-3-1-9-33(37)35-11-5-7-15-39(35)45(41)25-29)27-47(43)51-48-28-32(20-24-44(48)49)30-18-22-42-38-14-4-2-10-34(38)36-12-6-8-16-40(36)46(42)26-30/h1,3-9,11-28H,2,10H2. The molecule has 9 aromatic carbocycles. The fraction of sp³-hybridized carbons (Fsp3) is 0.0408. The monoisotopic (exact) mass is 666 g/mol. The Morgan fingerprint density at radius 1 is 0.392 bits per heavy atom. The minimum Gasteiger partial charge on any atom is -0.289 e. The lowest BCUT2D eigenvalue weighted by atomic mass is 9.86. The van der Waals surface area contributed by atoms with Crippen molar-refractivity contribution in [1.82, 2.24) is 0 Å². The topological polar surface area (TPSA) is 17.1 Å². The maximum atomic E-state index is 13.9. The molecule has 0 spiro atoms. The van der Waals surface area contributed by atoms with Crippen molar-refractivity contribution in [2.45, 2.75) is 12.8 Å². The molecular formula is C49H30OS. The Balaban J connectivity index is 1.06. The van der Waals surface area contributed by atoms with E-state index in [1.807, 2.05) is 12.1 Å². The van der Waals surface area contributed by atoms with Crippen LogP contribution in [0.4, 0.5) is 0 Å². The lowest BCUT2D eigenvalue weighted by Crippen LogP contribution is -2.01. The third-order valence-corrected chi connectivity index (χ3v) is 12.2. The number of hydrogen-bond donors (Lipinski definition) is 0. The Kier molecular flexibility index (Phi) is 6.17.